The number of anilines is 1. The van der Waals surface area contributed by atoms with Crippen molar-refractivity contribution in [3.63, 3.8) is 0 Å². The molecule has 2 N–H and O–H groups in total. The zero-order chi connectivity index (χ0) is 25.7. The number of nitrogens with one attached hydrogen (secondary N) is 2. The number of benzene rings is 3. The van der Waals surface area contributed by atoms with Crippen LogP contribution in [0.25, 0.3) is 22.6 Å². The number of aromatic nitrogens is 1. The Morgan fingerprint density at radius 3 is 2.36 bits per heavy atom. The average molecular weight is 502 g/mol. The largest absolute Gasteiger partial charge is 0.484 e. The molecule has 1 heterocycles. The van der Waals surface area contributed by atoms with E-state index in [0.717, 1.165) is 28.8 Å². The van der Waals surface area contributed by atoms with Crippen LogP contribution in [0.3, 0.4) is 0 Å². The first-order valence-corrected chi connectivity index (χ1v) is 12.6. The monoisotopic (exact) mass is 501 g/mol. The van der Waals surface area contributed by atoms with E-state index in [-0.39, 0.29) is 17.6 Å². The van der Waals surface area contributed by atoms with Crippen molar-refractivity contribution in [3.05, 3.63) is 77.9 Å². The van der Waals surface area contributed by atoms with Crippen molar-refractivity contribution in [1.29, 1.82) is 0 Å². The summed E-state index contributed by atoms with van der Waals surface area (Å²) in [5, 5.41) is 5.85. The van der Waals surface area contributed by atoms with Gasteiger partial charge in [0.1, 0.15) is 11.3 Å². The van der Waals surface area contributed by atoms with Crippen molar-refractivity contribution in [2.24, 2.45) is 0 Å². The third-order valence-corrected chi connectivity index (χ3v) is 6.36. The molecule has 3 aromatic carbocycles. The third kappa shape index (κ3) is 6.29. The lowest BCUT2D eigenvalue weighted by Gasteiger charge is -2.11. The lowest BCUT2D eigenvalue weighted by atomic mass is 9.98. The van der Waals surface area contributed by atoms with Crippen LogP contribution >= 0.6 is 12.2 Å². The highest BCUT2D eigenvalue weighted by molar-refractivity contribution is 7.80. The Kier molecular flexibility index (Phi) is 8.00. The van der Waals surface area contributed by atoms with Crippen LogP contribution in [-0.2, 0) is 4.79 Å². The zero-order valence-corrected chi connectivity index (χ0v) is 21.8. The van der Waals surface area contributed by atoms with Gasteiger partial charge in [-0.05, 0) is 90.1 Å². The fraction of sp³-hybridized carbons (Fsp3) is 0.276. The quantitative estimate of drug-likeness (QED) is 0.253. The molecule has 0 radical (unpaired) electrons. The van der Waals surface area contributed by atoms with Gasteiger partial charge in [0.15, 0.2) is 17.3 Å². The maximum Gasteiger partial charge on any atom is 0.264 e. The highest BCUT2D eigenvalue weighted by Gasteiger charge is 2.12. The Morgan fingerprint density at radius 1 is 1.00 bits per heavy atom. The van der Waals surface area contributed by atoms with E-state index < -0.39 is 0 Å². The second-order valence-electron chi connectivity index (χ2n) is 9.15. The Morgan fingerprint density at radius 2 is 1.69 bits per heavy atom. The standard InChI is InChI=1S/C29H31N3O3S/c1-5-19(4)22-10-15-26-25(16-22)31-28(35-26)21-6-11-23(12-7-21)30-29(36)32-27(33)17-34-24-13-8-20(9-14-24)18(2)3/h6-16,18-19H,5,17H2,1-4H3,(H2,30,32,33,36)/t19-/m0/s1. The number of hydrogen-bond acceptors (Lipinski definition) is 5. The number of thiocarbonyl (C=S) groups is 1. The molecule has 1 atom stereocenters. The van der Waals surface area contributed by atoms with Gasteiger partial charge in [0.2, 0.25) is 5.89 Å². The number of nitrogens with zero attached hydrogens (tertiary/aromatic N) is 1. The molecule has 0 aliphatic carbocycles. The molecule has 0 bridgehead atoms. The number of hydrogen-bond donors (Lipinski definition) is 2. The molecule has 0 spiro atoms. The molecule has 4 aromatic rings. The molecule has 0 aliphatic heterocycles. The Bertz CT molecular complexity index is 1340. The normalized spacial score (nSPS) is 11.9. The molecule has 0 unspecified atom stereocenters. The summed E-state index contributed by atoms with van der Waals surface area (Å²) in [7, 11) is 0. The summed E-state index contributed by atoms with van der Waals surface area (Å²) < 4.78 is 11.5. The predicted octanol–water partition coefficient (Wildman–Crippen LogP) is 7.02. The maximum atomic E-state index is 12.2. The van der Waals surface area contributed by atoms with Gasteiger partial charge < -0.3 is 14.5 Å². The number of ether oxygens (including phenoxy) is 1. The van der Waals surface area contributed by atoms with Crippen molar-refractivity contribution in [2.75, 3.05) is 11.9 Å². The van der Waals surface area contributed by atoms with Crippen molar-refractivity contribution < 1.29 is 13.9 Å². The van der Waals surface area contributed by atoms with Crippen LogP contribution in [0.1, 0.15) is 57.1 Å². The second kappa shape index (κ2) is 11.4. The molecular formula is C29H31N3O3S. The number of oxazole rings is 1. The van der Waals surface area contributed by atoms with E-state index in [9.17, 15) is 4.79 Å². The summed E-state index contributed by atoms with van der Waals surface area (Å²) in [4.78, 5) is 16.9. The Balaban J connectivity index is 1.31. The van der Waals surface area contributed by atoms with Gasteiger partial charge in [-0.25, -0.2) is 4.98 Å². The van der Waals surface area contributed by atoms with Gasteiger partial charge in [-0.3, -0.25) is 10.1 Å². The minimum Gasteiger partial charge on any atom is -0.484 e. The minimum absolute atomic E-state index is 0.127. The van der Waals surface area contributed by atoms with Crippen LogP contribution in [0, 0.1) is 0 Å². The van der Waals surface area contributed by atoms with Crippen molar-refractivity contribution in [1.82, 2.24) is 10.3 Å². The summed E-state index contributed by atoms with van der Waals surface area (Å²) in [5.41, 5.74) is 5.69. The second-order valence-corrected chi connectivity index (χ2v) is 9.56. The van der Waals surface area contributed by atoms with Crippen LogP contribution in [-0.4, -0.2) is 22.6 Å². The molecule has 186 valence electrons. The first-order chi connectivity index (χ1) is 17.3. The smallest absolute Gasteiger partial charge is 0.264 e. The van der Waals surface area contributed by atoms with Crippen molar-refractivity contribution in [2.45, 2.75) is 46.0 Å². The molecule has 0 saturated carbocycles. The highest BCUT2D eigenvalue weighted by atomic mass is 32.1. The molecule has 4 rings (SSSR count). The van der Waals surface area contributed by atoms with Gasteiger partial charge in [0.05, 0.1) is 0 Å². The van der Waals surface area contributed by atoms with Crippen molar-refractivity contribution >= 4 is 40.0 Å². The van der Waals surface area contributed by atoms with E-state index in [4.69, 9.17) is 21.4 Å². The molecular weight excluding hydrogens is 470 g/mol. The van der Waals surface area contributed by atoms with E-state index in [0.29, 0.717) is 23.5 Å². The number of carbonyl (C=O) groups is 1. The van der Waals surface area contributed by atoms with Gasteiger partial charge in [-0.1, -0.05) is 45.9 Å². The molecule has 1 amide bonds. The number of carbonyl (C=O) groups excluding carboxylic acids is 1. The van der Waals surface area contributed by atoms with E-state index >= 15 is 0 Å². The van der Waals surface area contributed by atoms with Crippen LogP contribution < -0.4 is 15.4 Å². The number of amides is 1. The fourth-order valence-corrected chi connectivity index (χ4v) is 3.96. The Labute approximate surface area is 217 Å². The predicted molar refractivity (Wildman–Crippen MR) is 149 cm³/mol. The van der Waals surface area contributed by atoms with Crippen LogP contribution in [0.4, 0.5) is 5.69 Å². The number of fused-ring (bicyclic) bond motifs is 1. The summed E-state index contributed by atoms with van der Waals surface area (Å²) in [6.45, 7) is 8.51. The number of rotatable bonds is 8. The molecule has 6 nitrogen and oxygen atoms in total. The molecule has 0 saturated heterocycles. The summed E-state index contributed by atoms with van der Waals surface area (Å²) in [6.07, 6.45) is 1.08. The average Bonchev–Trinajstić information content (AvgIpc) is 3.31. The molecule has 1 aromatic heterocycles. The Hall–Kier alpha value is -3.71. The summed E-state index contributed by atoms with van der Waals surface area (Å²) in [6, 6.07) is 21.4. The molecule has 36 heavy (non-hydrogen) atoms. The lowest BCUT2D eigenvalue weighted by Crippen LogP contribution is -2.37. The zero-order valence-electron chi connectivity index (χ0n) is 21.0. The van der Waals surface area contributed by atoms with Gasteiger partial charge in [-0.15, -0.1) is 0 Å². The SMILES string of the molecule is CC[C@H](C)c1ccc2oc(-c3ccc(NC(=S)NC(=O)COc4ccc(C(C)C)cc4)cc3)nc2c1. The van der Waals surface area contributed by atoms with E-state index in [1.54, 1.807) is 0 Å². The molecule has 0 fully saturated rings. The topological polar surface area (TPSA) is 76.4 Å². The van der Waals surface area contributed by atoms with Gasteiger partial charge in [0, 0.05) is 11.3 Å². The van der Waals surface area contributed by atoms with Crippen LogP contribution in [0.15, 0.2) is 71.1 Å². The van der Waals surface area contributed by atoms with Crippen LogP contribution in [0.5, 0.6) is 5.75 Å². The van der Waals surface area contributed by atoms with Crippen LogP contribution in [0.2, 0.25) is 0 Å². The minimum atomic E-state index is -0.333. The fourth-order valence-electron chi connectivity index (χ4n) is 3.73. The first-order valence-electron chi connectivity index (χ1n) is 12.2. The van der Waals surface area contributed by atoms with E-state index in [1.165, 1.54) is 11.1 Å². The van der Waals surface area contributed by atoms with Gasteiger partial charge >= 0.3 is 0 Å². The van der Waals surface area contributed by atoms with Crippen molar-refractivity contribution in [3.8, 4) is 17.2 Å². The van der Waals surface area contributed by atoms with E-state index in [1.807, 2.05) is 54.6 Å². The highest BCUT2D eigenvalue weighted by Crippen LogP contribution is 2.28. The maximum absolute atomic E-state index is 12.2. The summed E-state index contributed by atoms with van der Waals surface area (Å²) in [5.74, 6) is 1.79. The lowest BCUT2D eigenvalue weighted by molar-refractivity contribution is -0.121. The third-order valence-electron chi connectivity index (χ3n) is 6.15. The van der Waals surface area contributed by atoms with Gasteiger partial charge in [0.25, 0.3) is 5.91 Å². The van der Waals surface area contributed by atoms with E-state index in [2.05, 4.69) is 55.4 Å². The first kappa shape index (κ1) is 25.4. The molecule has 7 heteroatoms. The molecule has 0 aliphatic rings. The summed E-state index contributed by atoms with van der Waals surface area (Å²) >= 11 is 5.27. The van der Waals surface area contributed by atoms with Gasteiger partial charge in [-0.2, -0.15) is 0 Å².